The van der Waals surface area contributed by atoms with E-state index in [1.54, 1.807) is 31.4 Å². The van der Waals surface area contributed by atoms with Gasteiger partial charge in [0.25, 0.3) is 0 Å². The van der Waals surface area contributed by atoms with Gasteiger partial charge in [-0.3, -0.25) is 18.3 Å². The minimum atomic E-state index is -0.143. The second-order valence-electron chi connectivity index (χ2n) is 13.8. The van der Waals surface area contributed by atoms with Crippen molar-refractivity contribution in [1.29, 1.82) is 0 Å². The summed E-state index contributed by atoms with van der Waals surface area (Å²) in [5, 5.41) is 17.6. The van der Waals surface area contributed by atoms with Gasteiger partial charge < -0.3 is 9.80 Å². The van der Waals surface area contributed by atoms with Gasteiger partial charge in [0.15, 0.2) is 23.3 Å². The molecule has 16 heteroatoms. The van der Waals surface area contributed by atoms with Crippen molar-refractivity contribution < 1.29 is 0 Å². The van der Waals surface area contributed by atoms with Crippen LogP contribution >= 0.6 is 0 Å². The number of nitrogens with zero attached hydrogens (tertiary/aromatic N) is 16. The van der Waals surface area contributed by atoms with Crippen molar-refractivity contribution in [3.05, 3.63) is 73.6 Å². The van der Waals surface area contributed by atoms with Crippen LogP contribution in [0.5, 0.6) is 0 Å². The third kappa shape index (κ3) is 4.37. The molecule has 4 atom stereocenters. The Hall–Kier alpha value is -5.54. The zero-order chi connectivity index (χ0) is 34.9. The number of hydrogen-bond acceptors (Lipinski definition) is 12. The minimum Gasteiger partial charge on any atom is -0.339 e. The standard InChI is InChI=1S/C18H22N8.C17H20N8/c1-4-13-6-7-18(5-2)16-23-22-12(3)25(16)14-10-20-17(21-15(14)26(13)18)24-9-8-19-11-24;1-3-12-5-6-17(4-2)15-22-20-11-24(15)13-9-19-16(21-14(13)25(12)17)23-8-7-18-10-23/h8-11,13H,4-7H2,1-3H3;7-12H,3-6H2,1-2H3/t13-,18+;12-,17+/m11/s1. The molecule has 0 saturated carbocycles. The first-order valence-corrected chi connectivity index (χ1v) is 18.1. The fraction of sp³-hybridized carbons (Fsp3) is 0.486. The van der Waals surface area contributed by atoms with Crippen LogP contribution in [0.15, 0.2) is 56.2 Å². The maximum absolute atomic E-state index is 4.97. The Bertz CT molecular complexity index is 2180. The molecule has 0 aromatic carbocycles. The first-order valence-electron chi connectivity index (χ1n) is 18.1. The second-order valence-corrected chi connectivity index (χ2v) is 13.8. The van der Waals surface area contributed by atoms with Crippen molar-refractivity contribution in [3.8, 4) is 23.3 Å². The van der Waals surface area contributed by atoms with Crippen molar-refractivity contribution >= 4 is 11.6 Å². The van der Waals surface area contributed by atoms with E-state index in [1.807, 2.05) is 40.8 Å². The fourth-order valence-corrected chi connectivity index (χ4v) is 9.06. The van der Waals surface area contributed by atoms with Crippen LogP contribution in [0.4, 0.5) is 11.6 Å². The van der Waals surface area contributed by atoms with Crippen molar-refractivity contribution in [3.63, 3.8) is 0 Å². The lowest BCUT2D eigenvalue weighted by atomic mass is 9.90. The Labute approximate surface area is 295 Å². The number of anilines is 2. The van der Waals surface area contributed by atoms with E-state index in [9.17, 15) is 0 Å². The molecule has 0 spiro atoms. The van der Waals surface area contributed by atoms with Gasteiger partial charge in [0, 0.05) is 36.9 Å². The summed E-state index contributed by atoms with van der Waals surface area (Å²) < 4.78 is 7.89. The summed E-state index contributed by atoms with van der Waals surface area (Å²) in [4.78, 5) is 32.2. The summed E-state index contributed by atoms with van der Waals surface area (Å²) in [6.07, 6.45) is 24.8. The summed E-state index contributed by atoms with van der Waals surface area (Å²) in [7, 11) is 0. The maximum atomic E-state index is 4.97. The molecule has 0 bridgehead atoms. The summed E-state index contributed by atoms with van der Waals surface area (Å²) in [5.41, 5.74) is 1.64. The monoisotopic (exact) mass is 686 g/mol. The van der Waals surface area contributed by atoms with Crippen LogP contribution in [0, 0.1) is 6.92 Å². The van der Waals surface area contributed by atoms with Crippen molar-refractivity contribution in [1.82, 2.24) is 68.6 Å². The molecule has 51 heavy (non-hydrogen) atoms. The van der Waals surface area contributed by atoms with E-state index in [1.165, 1.54) is 0 Å². The minimum absolute atomic E-state index is 0.134. The van der Waals surface area contributed by atoms with Crippen LogP contribution in [-0.4, -0.2) is 80.7 Å². The second kappa shape index (κ2) is 11.8. The molecule has 262 valence electrons. The Kier molecular flexibility index (Phi) is 7.26. The third-order valence-corrected chi connectivity index (χ3v) is 11.7. The van der Waals surface area contributed by atoms with E-state index in [0.29, 0.717) is 24.0 Å². The lowest BCUT2D eigenvalue weighted by Crippen LogP contribution is -2.50. The van der Waals surface area contributed by atoms with Crippen LogP contribution in [0.25, 0.3) is 23.3 Å². The van der Waals surface area contributed by atoms with Gasteiger partial charge in [0.05, 0.1) is 12.4 Å². The van der Waals surface area contributed by atoms with E-state index < -0.39 is 0 Å². The number of aryl methyl sites for hydroxylation is 1. The number of imidazole rings is 2. The first-order chi connectivity index (χ1) is 25.0. The van der Waals surface area contributed by atoms with Crippen LogP contribution in [0.3, 0.4) is 0 Å². The van der Waals surface area contributed by atoms with Gasteiger partial charge in [-0.1, -0.05) is 27.7 Å². The number of aromatic nitrogens is 14. The van der Waals surface area contributed by atoms with Crippen LogP contribution in [-0.2, 0) is 11.1 Å². The van der Waals surface area contributed by atoms with Gasteiger partial charge in [-0.15, -0.1) is 20.4 Å². The molecule has 0 amide bonds. The summed E-state index contributed by atoms with van der Waals surface area (Å²) >= 11 is 0. The van der Waals surface area contributed by atoms with Gasteiger partial charge in [-0.05, 0) is 58.3 Å². The maximum Gasteiger partial charge on any atom is 0.236 e. The molecule has 2 fully saturated rings. The molecule has 0 aliphatic carbocycles. The lowest BCUT2D eigenvalue weighted by molar-refractivity contribution is 0.370. The summed E-state index contributed by atoms with van der Waals surface area (Å²) in [6.45, 7) is 11.0. The SMILES string of the molecule is CC[C@@H]1CC[C@@]2(CC)c3nnc(C)n3-c3cnc(-n4ccnc4)nc3N12.CC[C@@H]1CC[C@@]2(CC)c3nncn3-c3cnc(-n4ccnc4)nc3N12. The van der Waals surface area contributed by atoms with Crippen molar-refractivity contribution in [2.24, 2.45) is 0 Å². The zero-order valence-electron chi connectivity index (χ0n) is 29.7. The van der Waals surface area contributed by atoms with E-state index >= 15 is 0 Å². The van der Waals surface area contributed by atoms with Crippen LogP contribution in [0.1, 0.15) is 96.5 Å². The Morgan fingerprint density at radius 3 is 1.80 bits per heavy atom. The number of rotatable bonds is 6. The molecule has 6 aromatic rings. The highest BCUT2D eigenvalue weighted by Crippen LogP contribution is 2.53. The van der Waals surface area contributed by atoms with Crippen LogP contribution in [0.2, 0.25) is 0 Å². The molecule has 0 N–H and O–H groups in total. The molecule has 4 aliphatic heterocycles. The molecule has 4 aliphatic rings. The van der Waals surface area contributed by atoms with Crippen molar-refractivity contribution in [2.75, 3.05) is 9.80 Å². The molecule has 2 saturated heterocycles. The summed E-state index contributed by atoms with van der Waals surface area (Å²) in [6, 6.07) is 0.902. The highest BCUT2D eigenvalue weighted by atomic mass is 15.4. The molecular formula is C35H42N16. The summed E-state index contributed by atoms with van der Waals surface area (Å²) in [5.74, 6) is 6.15. The smallest absolute Gasteiger partial charge is 0.236 e. The molecule has 16 nitrogen and oxygen atoms in total. The number of hydrogen-bond donors (Lipinski definition) is 0. The molecule has 10 rings (SSSR count). The Morgan fingerprint density at radius 1 is 0.686 bits per heavy atom. The average molecular weight is 687 g/mol. The highest BCUT2D eigenvalue weighted by Gasteiger charge is 2.54. The molecule has 0 radical (unpaired) electrons. The molecule has 0 unspecified atom stereocenters. The van der Waals surface area contributed by atoms with E-state index in [4.69, 9.17) is 9.97 Å². The van der Waals surface area contributed by atoms with Gasteiger partial charge in [-0.25, -0.2) is 19.9 Å². The fourth-order valence-electron chi connectivity index (χ4n) is 9.06. The van der Waals surface area contributed by atoms with Gasteiger partial charge in [0.2, 0.25) is 11.9 Å². The zero-order valence-corrected chi connectivity index (χ0v) is 29.7. The molecule has 6 aromatic heterocycles. The van der Waals surface area contributed by atoms with Gasteiger partial charge >= 0.3 is 0 Å². The topological polar surface area (TPSA) is 155 Å². The lowest BCUT2D eigenvalue weighted by Gasteiger charge is -2.44. The first kappa shape index (κ1) is 31.4. The average Bonchev–Trinajstić information content (AvgIpc) is 4.02. The van der Waals surface area contributed by atoms with Crippen molar-refractivity contribution in [2.45, 2.75) is 109 Å². The normalized spacial score (nSPS) is 23.9. The Balaban J connectivity index is 0.000000137. The van der Waals surface area contributed by atoms with Crippen LogP contribution < -0.4 is 9.80 Å². The number of fused-ring (bicyclic) bond motifs is 12. The highest BCUT2D eigenvalue weighted by molar-refractivity contribution is 5.66. The predicted molar refractivity (Wildman–Crippen MR) is 188 cm³/mol. The van der Waals surface area contributed by atoms with Gasteiger partial charge in [-0.2, -0.15) is 9.97 Å². The largest absolute Gasteiger partial charge is 0.339 e. The third-order valence-electron chi connectivity index (χ3n) is 11.7. The quantitative estimate of drug-likeness (QED) is 0.237. The van der Waals surface area contributed by atoms with E-state index in [-0.39, 0.29) is 11.1 Å². The predicted octanol–water partition coefficient (Wildman–Crippen LogP) is 4.79. The van der Waals surface area contributed by atoms with E-state index in [2.05, 4.69) is 87.0 Å². The van der Waals surface area contributed by atoms with Gasteiger partial charge in [0.1, 0.15) is 47.3 Å². The van der Waals surface area contributed by atoms with E-state index in [0.717, 1.165) is 91.9 Å². The molecular weight excluding hydrogens is 644 g/mol. The molecule has 10 heterocycles. The Morgan fingerprint density at radius 2 is 1.25 bits per heavy atom.